The van der Waals surface area contributed by atoms with Gasteiger partial charge in [-0.2, -0.15) is 0 Å². The minimum absolute atomic E-state index is 0.0678. The van der Waals surface area contributed by atoms with Gasteiger partial charge in [0.1, 0.15) is 0 Å². The van der Waals surface area contributed by atoms with Crippen LogP contribution < -0.4 is 5.32 Å². The molecule has 0 saturated heterocycles. The number of allylic oxidation sites excluding steroid dienone is 3. The third kappa shape index (κ3) is 3.81. The Balaban J connectivity index is 1.17. The van der Waals surface area contributed by atoms with Crippen LogP contribution in [0.1, 0.15) is 74.8 Å². The van der Waals surface area contributed by atoms with Gasteiger partial charge in [-0.05, 0) is 106 Å². The number of hydrogen-bond acceptors (Lipinski definition) is 3. The van der Waals surface area contributed by atoms with Gasteiger partial charge >= 0.3 is 0 Å². The Morgan fingerprint density at radius 3 is 2.56 bits per heavy atom. The monoisotopic (exact) mass is 501 g/mol. The van der Waals surface area contributed by atoms with Crippen molar-refractivity contribution in [2.75, 3.05) is 6.26 Å². The SMILES string of the molecule is CSc1ccc(C(=O)NC2CCC3(C)C(=CCC4C3CCC3(C)C(n5cnc(C)c5)=CCC43)C2)cc1. The first-order chi connectivity index (χ1) is 17.3. The van der Waals surface area contributed by atoms with Crippen molar-refractivity contribution in [1.29, 1.82) is 0 Å². The molecule has 4 aliphatic rings. The van der Waals surface area contributed by atoms with Gasteiger partial charge in [0.05, 0.1) is 12.0 Å². The summed E-state index contributed by atoms with van der Waals surface area (Å²) in [6.07, 6.45) is 19.6. The smallest absolute Gasteiger partial charge is 0.251 e. The molecule has 2 aromatic rings. The minimum atomic E-state index is 0.0678. The van der Waals surface area contributed by atoms with E-state index in [9.17, 15) is 4.79 Å². The topological polar surface area (TPSA) is 46.9 Å². The molecule has 190 valence electrons. The highest BCUT2D eigenvalue weighted by Crippen LogP contribution is 2.65. The molecule has 4 aliphatic carbocycles. The largest absolute Gasteiger partial charge is 0.349 e. The number of nitrogens with zero attached hydrogens (tertiary/aromatic N) is 2. The van der Waals surface area contributed by atoms with Crippen LogP contribution in [0.3, 0.4) is 0 Å². The van der Waals surface area contributed by atoms with E-state index < -0.39 is 0 Å². The van der Waals surface area contributed by atoms with Crippen LogP contribution in [0, 0.1) is 35.5 Å². The van der Waals surface area contributed by atoms with Crippen LogP contribution in [-0.2, 0) is 0 Å². The summed E-state index contributed by atoms with van der Waals surface area (Å²) < 4.78 is 2.30. The molecule has 1 aromatic heterocycles. The molecule has 2 saturated carbocycles. The minimum Gasteiger partial charge on any atom is -0.349 e. The Hall–Kier alpha value is -2.27. The molecule has 1 heterocycles. The van der Waals surface area contributed by atoms with Crippen molar-refractivity contribution in [2.45, 2.75) is 76.7 Å². The Kier molecular flexibility index (Phi) is 5.98. The van der Waals surface area contributed by atoms with Crippen LogP contribution in [0.4, 0.5) is 0 Å². The quantitative estimate of drug-likeness (QED) is 0.358. The second-order valence-electron chi connectivity index (χ2n) is 12.1. The molecule has 4 nitrogen and oxygen atoms in total. The molecule has 36 heavy (non-hydrogen) atoms. The molecule has 1 aromatic carbocycles. The first kappa shape index (κ1) is 24.1. The normalized spacial score (nSPS) is 35.2. The summed E-state index contributed by atoms with van der Waals surface area (Å²) in [7, 11) is 0. The molecule has 5 heteroatoms. The van der Waals surface area contributed by atoms with Gasteiger partial charge < -0.3 is 9.88 Å². The van der Waals surface area contributed by atoms with Crippen molar-refractivity contribution in [1.82, 2.24) is 14.9 Å². The Bertz CT molecular complexity index is 1230. The van der Waals surface area contributed by atoms with E-state index in [0.717, 1.165) is 35.9 Å². The van der Waals surface area contributed by atoms with Crippen molar-refractivity contribution >= 4 is 23.4 Å². The van der Waals surface area contributed by atoms with E-state index in [1.54, 1.807) is 17.3 Å². The Morgan fingerprint density at radius 1 is 1.06 bits per heavy atom. The van der Waals surface area contributed by atoms with Gasteiger partial charge in [-0.15, -0.1) is 11.8 Å². The number of benzene rings is 1. The summed E-state index contributed by atoms with van der Waals surface area (Å²) in [6.45, 7) is 7.14. The molecule has 2 fully saturated rings. The predicted octanol–water partition coefficient (Wildman–Crippen LogP) is 7.13. The first-order valence-electron chi connectivity index (χ1n) is 13.7. The summed E-state index contributed by atoms with van der Waals surface area (Å²) in [5.41, 5.74) is 5.46. The van der Waals surface area contributed by atoms with Crippen molar-refractivity contribution in [3.63, 3.8) is 0 Å². The lowest BCUT2D eigenvalue weighted by Crippen LogP contribution is -2.51. The summed E-state index contributed by atoms with van der Waals surface area (Å²) in [4.78, 5) is 18.6. The highest BCUT2D eigenvalue weighted by molar-refractivity contribution is 7.98. The molecular formula is C31H39N3OS. The number of amides is 1. The second kappa shape index (κ2) is 8.93. The number of thioether (sulfide) groups is 1. The number of hydrogen-bond donors (Lipinski definition) is 1. The van der Waals surface area contributed by atoms with E-state index in [1.165, 1.54) is 42.7 Å². The lowest BCUT2D eigenvalue weighted by Gasteiger charge is -2.58. The van der Waals surface area contributed by atoms with E-state index in [1.807, 2.05) is 30.6 Å². The predicted molar refractivity (Wildman–Crippen MR) is 148 cm³/mol. The van der Waals surface area contributed by atoms with Crippen molar-refractivity contribution in [3.8, 4) is 0 Å². The third-order valence-electron chi connectivity index (χ3n) is 10.3. The summed E-state index contributed by atoms with van der Waals surface area (Å²) in [5.74, 6) is 2.28. The van der Waals surface area contributed by atoms with E-state index in [-0.39, 0.29) is 22.8 Å². The number of fused-ring (bicyclic) bond motifs is 5. The van der Waals surface area contributed by atoms with E-state index in [2.05, 4.69) is 60.2 Å². The van der Waals surface area contributed by atoms with Gasteiger partial charge in [0.25, 0.3) is 5.91 Å². The second-order valence-corrected chi connectivity index (χ2v) is 13.0. The van der Waals surface area contributed by atoms with Gasteiger partial charge in [0.2, 0.25) is 0 Å². The molecule has 1 amide bonds. The zero-order valence-electron chi connectivity index (χ0n) is 22.1. The lowest BCUT2D eigenvalue weighted by molar-refractivity contribution is -0.0137. The zero-order chi connectivity index (χ0) is 25.1. The number of aryl methyl sites for hydroxylation is 1. The fourth-order valence-corrected chi connectivity index (χ4v) is 8.70. The maximum absolute atomic E-state index is 12.9. The summed E-state index contributed by atoms with van der Waals surface area (Å²) >= 11 is 1.70. The number of aromatic nitrogens is 2. The Labute approximate surface area is 220 Å². The molecule has 0 bridgehead atoms. The fraction of sp³-hybridized carbons (Fsp3) is 0.548. The number of nitrogens with one attached hydrogen (secondary N) is 1. The van der Waals surface area contributed by atoms with Crippen LogP contribution in [0.25, 0.3) is 5.70 Å². The maximum Gasteiger partial charge on any atom is 0.251 e. The molecule has 0 radical (unpaired) electrons. The van der Waals surface area contributed by atoms with Crippen molar-refractivity contribution in [3.05, 3.63) is 65.8 Å². The standard InChI is InChI=1S/C31H39N3OS/c1-20-18-34(19-32-20)28-12-11-26-25-10-7-22-17-23(33-29(35)21-5-8-24(36-4)9-6-21)13-15-30(22,2)27(25)14-16-31(26,28)3/h5-9,12,18-19,23,25-27H,10-11,13-17H2,1-4H3,(H,33,35). The molecule has 6 unspecified atom stereocenters. The molecule has 0 spiro atoms. The number of imidazole rings is 1. The van der Waals surface area contributed by atoms with Gasteiger partial charge in [-0.3, -0.25) is 4.79 Å². The number of rotatable bonds is 4. The van der Waals surface area contributed by atoms with Crippen molar-refractivity contribution in [2.24, 2.45) is 28.6 Å². The van der Waals surface area contributed by atoms with Crippen LogP contribution >= 0.6 is 11.8 Å². The molecule has 6 rings (SSSR count). The lowest BCUT2D eigenvalue weighted by atomic mass is 9.47. The number of carbonyl (C=O) groups is 1. The highest BCUT2D eigenvalue weighted by atomic mass is 32.2. The van der Waals surface area contributed by atoms with Crippen LogP contribution in [-0.4, -0.2) is 27.8 Å². The Morgan fingerprint density at radius 2 is 1.83 bits per heavy atom. The molecular weight excluding hydrogens is 462 g/mol. The van der Waals surface area contributed by atoms with E-state index in [4.69, 9.17) is 0 Å². The van der Waals surface area contributed by atoms with Gasteiger partial charge in [-0.1, -0.05) is 31.6 Å². The van der Waals surface area contributed by atoms with Crippen LogP contribution in [0.15, 0.2) is 59.4 Å². The maximum atomic E-state index is 12.9. The van der Waals surface area contributed by atoms with Crippen LogP contribution in [0.5, 0.6) is 0 Å². The van der Waals surface area contributed by atoms with E-state index in [0.29, 0.717) is 5.92 Å². The van der Waals surface area contributed by atoms with Gasteiger partial charge in [0, 0.05) is 33.8 Å². The fourth-order valence-electron chi connectivity index (χ4n) is 8.29. The first-order valence-corrected chi connectivity index (χ1v) is 14.9. The number of carbonyl (C=O) groups excluding carboxylic acids is 1. The third-order valence-corrected chi connectivity index (χ3v) is 11.1. The highest BCUT2D eigenvalue weighted by Gasteiger charge is 2.57. The average Bonchev–Trinajstić information content (AvgIpc) is 3.46. The van der Waals surface area contributed by atoms with Crippen molar-refractivity contribution < 1.29 is 4.79 Å². The zero-order valence-corrected chi connectivity index (χ0v) is 22.9. The average molecular weight is 502 g/mol. The summed E-state index contributed by atoms with van der Waals surface area (Å²) in [6, 6.07) is 8.22. The summed E-state index contributed by atoms with van der Waals surface area (Å²) in [5, 5.41) is 3.36. The molecule has 1 N–H and O–H groups in total. The molecule has 0 aliphatic heterocycles. The van der Waals surface area contributed by atoms with Gasteiger partial charge in [0.15, 0.2) is 0 Å². The molecule has 6 atom stereocenters. The van der Waals surface area contributed by atoms with E-state index >= 15 is 0 Å². The van der Waals surface area contributed by atoms with Crippen LogP contribution in [0.2, 0.25) is 0 Å². The van der Waals surface area contributed by atoms with Gasteiger partial charge in [-0.25, -0.2) is 4.98 Å².